The quantitative estimate of drug-likeness (QED) is 0.426. The number of hydrogen-bond donors (Lipinski definition) is 2. The van der Waals surface area contributed by atoms with Crippen molar-refractivity contribution in [3.63, 3.8) is 0 Å². The summed E-state index contributed by atoms with van der Waals surface area (Å²) < 4.78 is 18.0. The predicted octanol–water partition coefficient (Wildman–Crippen LogP) is 4.48. The van der Waals surface area contributed by atoms with E-state index in [1.807, 2.05) is 6.92 Å². The fraction of sp³-hybridized carbons (Fsp3) is 0.348. The summed E-state index contributed by atoms with van der Waals surface area (Å²) in [6, 6.07) is 8.73. The van der Waals surface area contributed by atoms with Gasteiger partial charge in [-0.1, -0.05) is 24.9 Å². The van der Waals surface area contributed by atoms with Gasteiger partial charge in [0.2, 0.25) is 0 Å². The van der Waals surface area contributed by atoms with Gasteiger partial charge in [-0.15, -0.1) is 0 Å². The summed E-state index contributed by atoms with van der Waals surface area (Å²) in [5.74, 6) is -0.178. The lowest BCUT2D eigenvalue weighted by Gasteiger charge is -2.17. The van der Waals surface area contributed by atoms with E-state index >= 15 is 0 Å². The molecule has 1 aromatic carbocycles. The van der Waals surface area contributed by atoms with Crippen LogP contribution in [-0.2, 0) is 4.79 Å². The first-order valence-corrected chi connectivity index (χ1v) is 10.5. The van der Waals surface area contributed by atoms with Crippen molar-refractivity contribution in [2.24, 2.45) is 0 Å². The number of carbonyl (C=O) groups excluding carboxylic acids is 2. The zero-order valence-corrected chi connectivity index (χ0v) is 17.7. The van der Waals surface area contributed by atoms with Crippen molar-refractivity contribution in [2.45, 2.75) is 51.5 Å². The second-order valence-electron chi connectivity index (χ2n) is 7.37. The van der Waals surface area contributed by atoms with Gasteiger partial charge in [-0.25, -0.2) is 9.37 Å². The van der Waals surface area contributed by atoms with Crippen molar-refractivity contribution in [3.05, 3.63) is 59.5 Å². The van der Waals surface area contributed by atoms with Crippen molar-refractivity contribution in [1.29, 1.82) is 5.26 Å². The first-order valence-electron chi connectivity index (χ1n) is 10.5. The van der Waals surface area contributed by atoms with Gasteiger partial charge in [-0.3, -0.25) is 9.59 Å². The molecule has 9 heteroatoms. The molecule has 0 bridgehead atoms. The molecule has 0 radical (unpaired) electrons. The fourth-order valence-corrected chi connectivity index (χ4v) is 3.34. The maximum absolute atomic E-state index is 13.3. The van der Waals surface area contributed by atoms with Gasteiger partial charge in [0.05, 0.1) is 11.7 Å². The van der Waals surface area contributed by atoms with Crippen LogP contribution in [-0.4, -0.2) is 26.8 Å². The Morgan fingerprint density at radius 3 is 2.66 bits per heavy atom. The smallest absolute Gasteiger partial charge is 0.273 e. The highest BCUT2D eigenvalue weighted by Gasteiger charge is 2.23. The normalized spacial score (nSPS) is 11.7. The van der Waals surface area contributed by atoms with Crippen molar-refractivity contribution >= 4 is 11.7 Å². The van der Waals surface area contributed by atoms with E-state index in [1.54, 1.807) is 12.1 Å². The number of carbonyl (C=O) groups is 2. The number of imidazole rings is 1. The van der Waals surface area contributed by atoms with Crippen molar-refractivity contribution in [3.8, 4) is 17.5 Å². The highest BCUT2D eigenvalue weighted by molar-refractivity contribution is 5.92. The molecule has 0 saturated carbocycles. The molecule has 2 N–H and O–H groups in total. The molecular weight excluding hydrogens is 413 g/mol. The van der Waals surface area contributed by atoms with Crippen LogP contribution in [0.3, 0.4) is 0 Å². The summed E-state index contributed by atoms with van der Waals surface area (Å²) in [6.07, 6.45) is 5.21. The lowest BCUT2D eigenvalue weighted by molar-refractivity contribution is -0.118. The molecule has 0 unspecified atom stereocenters. The van der Waals surface area contributed by atoms with Crippen LogP contribution in [0.4, 0.5) is 4.39 Å². The van der Waals surface area contributed by atoms with Crippen LogP contribution in [0.1, 0.15) is 73.4 Å². The van der Waals surface area contributed by atoms with Gasteiger partial charge in [0.1, 0.15) is 29.8 Å². The van der Waals surface area contributed by atoms with Gasteiger partial charge in [0, 0.05) is 24.5 Å². The maximum atomic E-state index is 13.3. The number of nitriles is 1. The zero-order chi connectivity index (χ0) is 22.9. The summed E-state index contributed by atoms with van der Waals surface area (Å²) in [4.78, 5) is 31.5. The first kappa shape index (κ1) is 22.9. The number of aromatic amines is 1. The Balaban J connectivity index is 1.79. The molecule has 3 aromatic rings. The van der Waals surface area contributed by atoms with Crippen molar-refractivity contribution < 1.29 is 18.5 Å². The highest BCUT2D eigenvalue weighted by atomic mass is 19.1. The van der Waals surface area contributed by atoms with Crippen molar-refractivity contribution in [2.75, 3.05) is 0 Å². The third-order valence-electron chi connectivity index (χ3n) is 5.12. The summed E-state index contributed by atoms with van der Waals surface area (Å²) >= 11 is 0. The van der Waals surface area contributed by atoms with Gasteiger partial charge in [-0.2, -0.15) is 5.26 Å². The number of halogens is 1. The van der Waals surface area contributed by atoms with Crippen LogP contribution in [0.25, 0.3) is 11.4 Å². The van der Waals surface area contributed by atoms with Crippen LogP contribution < -0.4 is 5.32 Å². The molecule has 0 aliphatic rings. The average Bonchev–Trinajstić information content (AvgIpc) is 3.48. The summed E-state index contributed by atoms with van der Waals surface area (Å²) in [5.41, 5.74) is 1.36. The monoisotopic (exact) mass is 437 g/mol. The second kappa shape index (κ2) is 11.0. The molecule has 8 nitrogen and oxygen atoms in total. The molecule has 166 valence electrons. The Morgan fingerprint density at radius 2 is 2.00 bits per heavy atom. The number of ketones is 1. The molecule has 0 saturated heterocycles. The molecule has 0 spiro atoms. The van der Waals surface area contributed by atoms with Gasteiger partial charge >= 0.3 is 0 Å². The number of unbranched alkanes of at least 4 members (excludes halogenated alkanes) is 2. The maximum Gasteiger partial charge on any atom is 0.273 e. The first-order chi connectivity index (χ1) is 15.5. The molecule has 0 aliphatic heterocycles. The Morgan fingerprint density at radius 1 is 1.22 bits per heavy atom. The van der Waals surface area contributed by atoms with Gasteiger partial charge in [0.25, 0.3) is 5.91 Å². The summed E-state index contributed by atoms with van der Waals surface area (Å²) in [7, 11) is 0. The molecular formula is C23H24FN5O3. The highest BCUT2D eigenvalue weighted by Crippen LogP contribution is 2.26. The number of aromatic nitrogens is 3. The minimum atomic E-state index is -0.530. The standard InChI is InChI=1S/C23H24FN5O3/c1-2-17(30)6-4-3-5-7-18(27-23(31)19-12-13-32-29-19)21-20(14-25)26-22(28-21)15-8-10-16(24)11-9-15/h8-13,18H,2-7H2,1H3,(H,26,28)(H,27,31)/t18-/m0/s1. The third-order valence-corrected chi connectivity index (χ3v) is 5.12. The molecule has 1 amide bonds. The van der Waals surface area contributed by atoms with Gasteiger partial charge < -0.3 is 14.8 Å². The molecule has 0 aliphatic carbocycles. The molecule has 3 rings (SSSR count). The van der Waals surface area contributed by atoms with Crippen molar-refractivity contribution in [1.82, 2.24) is 20.4 Å². The topological polar surface area (TPSA) is 125 Å². The molecule has 32 heavy (non-hydrogen) atoms. The molecule has 1 atom stereocenters. The van der Waals surface area contributed by atoms with Crippen LogP contribution in [0.2, 0.25) is 0 Å². The SMILES string of the molecule is CCC(=O)CCCCC[C@H](NC(=O)c1ccon1)c1[nH]c(-c2ccc(F)cc2)nc1C#N. The van der Waals surface area contributed by atoms with E-state index in [4.69, 9.17) is 4.52 Å². The summed E-state index contributed by atoms with van der Waals surface area (Å²) in [6.45, 7) is 1.85. The molecule has 2 aromatic heterocycles. The van der Waals surface area contributed by atoms with Gasteiger partial charge in [0.15, 0.2) is 11.4 Å². The lowest BCUT2D eigenvalue weighted by Crippen LogP contribution is -2.29. The van der Waals surface area contributed by atoms with E-state index in [0.717, 1.165) is 19.3 Å². The number of nitrogens with one attached hydrogen (secondary N) is 2. The minimum Gasteiger partial charge on any atom is -0.364 e. The second-order valence-corrected chi connectivity index (χ2v) is 7.37. The molecule has 0 fully saturated rings. The third kappa shape index (κ3) is 5.88. The largest absolute Gasteiger partial charge is 0.364 e. The van der Waals surface area contributed by atoms with Crippen LogP contribution >= 0.6 is 0 Å². The Hall–Kier alpha value is -3.80. The number of H-pyrrole nitrogens is 1. The fourth-order valence-electron chi connectivity index (χ4n) is 3.34. The van der Waals surface area contributed by atoms with E-state index in [0.29, 0.717) is 36.3 Å². The number of rotatable bonds is 11. The number of amides is 1. The van der Waals surface area contributed by atoms with Crippen LogP contribution in [0.15, 0.2) is 41.1 Å². The van der Waals surface area contributed by atoms with E-state index in [1.165, 1.54) is 24.5 Å². The molecule has 2 heterocycles. The Bertz CT molecular complexity index is 1080. The lowest BCUT2D eigenvalue weighted by atomic mass is 10.0. The Labute approximate surface area is 184 Å². The average molecular weight is 437 g/mol. The zero-order valence-electron chi connectivity index (χ0n) is 17.7. The van der Waals surface area contributed by atoms with Gasteiger partial charge in [-0.05, 0) is 37.1 Å². The summed E-state index contributed by atoms with van der Waals surface area (Å²) in [5, 5.41) is 16.2. The van der Waals surface area contributed by atoms with E-state index in [9.17, 15) is 19.2 Å². The number of nitrogens with zero attached hydrogens (tertiary/aromatic N) is 3. The van der Waals surface area contributed by atoms with Crippen LogP contribution in [0, 0.1) is 17.1 Å². The number of benzene rings is 1. The Kier molecular flexibility index (Phi) is 7.86. The minimum absolute atomic E-state index is 0.125. The van der Waals surface area contributed by atoms with Crippen LogP contribution in [0.5, 0.6) is 0 Å². The van der Waals surface area contributed by atoms with E-state index in [-0.39, 0.29) is 23.0 Å². The predicted molar refractivity (Wildman–Crippen MR) is 114 cm³/mol. The number of Topliss-reactive ketones (excluding diaryl/α,β-unsaturated/α-hetero) is 1. The number of hydrogen-bond acceptors (Lipinski definition) is 6. The van der Waals surface area contributed by atoms with E-state index in [2.05, 4.69) is 26.5 Å². The van der Waals surface area contributed by atoms with E-state index < -0.39 is 11.9 Å².